The molecule has 3 N–H and O–H groups in total. The van der Waals surface area contributed by atoms with Gasteiger partial charge in [0.1, 0.15) is 0 Å². The van der Waals surface area contributed by atoms with Gasteiger partial charge in [-0.3, -0.25) is 4.79 Å². The van der Waals surface area contributed by atoms with Crippen molar-refractivity contribution in [2.24, 2.45) is 5.92 Å². The normalized spacial score (nSPS) is 21.6. The van der Waals surface area contributed by atoms with Crippen LogP contribution in [-0.2, 0) is 6.54 Å². The smallest absolute Gasteiger partial charge is 0.253 e. The van der Waals surface area contributed by atoms with Crippen LogP contribution in [0.4, 0.5) is 0 Å². The van der Waals surface area contributed by atoms with Crippen molar-refractivity contribution >= 4 is 18.3 Å². The second kappa shape index (κ2) is 7.11. The lowest BCUT2D eigenvalue weighted by molar-refractivity contribution is 0.0926. The lowest BCUT2D eigenvalue weighted by atomic mass is 10.1. The summed E-state index contributed by atoms with van der Waals surface area (Å²) in [7, 11) is 0. The van der Waals surface area contributed by atoms with Gasteiger partial charge < -0.3 is 20.3 Å². The van der Waals surface area contributed by atoms with Crippen LogP contribution in [0.25, 0.3) is 0 Å². The molecule has 20 heavy (non-hydrogen) atoms. The quantitative estimate of drug-likeness (QED) is 0.773. The first-order valence-electron chi connectivity index (χ1n) is 6.88. The number of hydrogen-bond acceptors (Lipinski definition) is 3. The third-order valence-electron chi connectivity index (χ3n) is 3.96. The molecule has 1 aromatic rings. The molecule has 0 spiro atoms. The van der Waals surface area contributed by atoms with Gasteiger partial charge in [-0.2, -0.15) is 0 Å². The Morgan fingerprint density at radius 3 is 2.70 bits per heavy atom. The molecule has 0 radical (unpaired) electrons. The van der Waals surface area contributed by atoms with Crippen molar-refractivity contribution in [3.8, 4) is 0 Å². The largest absolute Gasteiger partial charge is 0.391 e. The van der Waals surface area contributed by atoms with Crippen LogP contribution >= 0.6 is 12.4 Å². The number of carbonyl (C=O) groups excluding carboxylic acids is 1. The summed E-state index contributed by atoms with van der Waals surface area (Å²) >= 11 is 0. The van der Waals surface area contributed by atoms with E-state index in [-0.39, 0.29) is 30.3 Å². The van der Waals surface area contributed by atoms with E-state index in [0.29, 0.717) is 13.1 Å². The third kappa shape index (κ3) is 3.34. The fraction of sp³-hybridized carbons (Fsp3) is 0.643. The number of rotatable bonds is 4. The molecule has 2 unspecified atom stereocenters. The molecule has 1 aliphatic rings. The van der Waals surface area contributed by atoms with Gasteiger partial charge in [0.15, 0.2) is 0 Å². The van der Waals surface area contributed by atoms with Crippen molar-refractivity contribution in [1.29, 1.82) is 0 Å². The van der Waals surface area contributed by atoms with Gasteiger partial charge in [0, 0.05) is 43.5 Å². The van der Waals surface area contributed by atoms with E-state index in [4.69, 9.17) is 0 Å². The van der Waals surface area contributed by atoms with Crippen LogP contribution in [0.3, 0.4) is 0 Å². The van der Waals surface area contributed by atoms with Gasteiger partial charge in [-0.1, -0.05) is 0 Å². The van der Waals surface area contributed by atoms with E-state index in [2.05, 4.69) is 22.1 Å². The van der Waals surface area contributed by atoms with Crippen LogP contribution in [-0.4, -0.2) is 41.3 Å². The summed E-state index contributed by atoms with van der Waals surface area (Å²) in [6.45, 7) is 8.82. The minimum Gasteiger partial charge on any atom is -0.391 e. The van der Waals surface area contributed by atoms with Crippen molar-refractivity contribution in [3.63, 3.8) is 0 Å². The van der Waals surface area contributed by atoms with Crippen LogP contribution in [0, 0.1) is 19.8 Å². The number of β-amino-alcohol motifs (C(OH)–C–C–N with tert-alkyl or cyclic N) is 1. The van der Waals surface area contributed by atoms with Gasteiger partial charge in [0.2, 0.25) is 0 Å². The molecule has 2 rings (SSSR count). The molecular weight excluding hydrogens is 278 g/mol. The van der Waals surface area contributed by atoms with Gasteiger partial charge in [0.25, 0.3) is 5.91 Å². The highest BCUT2D eigenvalue weighted by atomic mass is 35.5. The Balaban J connectivity index is 0.00000200. The van der Waals surface area contributed by atoms with E-state index in [0.717, 1.165) is 30.0 Å². The number of nitrogens with zero attached hydrogens (tertiary/aromatic N) is 1. The van der Waals surface area contributed by atoms with Crippen LogP contribution in [0.1, 0.15) is 28.7 Å². The molecule has 114 valence electrons. The van der Waals surface area contributed by atoms with Crippen molar-refractivity contribution < 1.29 is 9.90 Å². The second-order valence-corrected chi connectivity index (χ2v) is 5.22. The third-order valence-corrected chi connectivity index (χ3v) is 3.96. The van der Waals surface area contributed by atoms with Gasteiger partial charge in [0.05, 0.1) is 11.7 Å². The zero-order chi connectivity index (χ0) is 14.0. The number of aromatic nitrogens is 1. The highest BCUT2D eigenvalue weighted by molar-refractivity contribution is 5.95. The van der Waals surface area contributed by atoms with E-state index in [1.165, 1.54) is 0 Å². The highest BCUT2D eigenvalue weighted by Crippen LogP contribution is 2.15. The number of carbonyl (C=O) groups is 1. The maximum absolute atomic E-state index is 12.2. The summed E-state index contributed by atoms with van der Waals surface area (Å²) in [6, 6.07) is 1.93. The van der Waals surface area contributed by atoms with Gasteiger partial charge >= 0.3 is 0 Å². The highest BCUT2D eigenvalue weighted by Gasteiger charge is 2.25. The van der Waals surface area contributed by atoms with E-state index in [1.54, 1.807) is 0 Å². The number of aliphatic hydroxyl groups excluding tert-OH is 1. The zero-order valence-corrected chi connectivity index (χ0v) is 13.1. The molecule has 5 nitrogen and oxygen atoms in total. The Hall–Kier alpha value is -1.04. The molecule has 2 atom stereocenters. The number of halogens is 1. The fourth-order valence-electron chi connectivity index (χ4n) is 2.76. The topological polar surface area (TPSA) is 66.3 Å². The molecule has 1 amide bonds. The Bertz CT molecular complexity index is 473. The first-order chi connectivity index (χ1) is 9.04. The van der Waals surface area contributed by atoms with Gasteiger partial charge in [-0.05, 0) is 26.8 Å². The van der Waals surface area contributed by atoms with Crippen LogP contribution in [0.5, 0.6) is 0 Å². The number of aryl methyl sites for hydroxylation is 1. The maximum Gasteiger partial charge on any atom is 0.253 e. The zero-order valence-electron chi connectivity index (χ0n) is 12.3. The van der Waals surface area contributed by atoms with E-state index in [9.17, 15) is 9.90 Å². The van der Waals surface area contributed by atoms with Crippen molar-refractivity contribution in [2.75, 3.05) is 19.6 Å². The molecular formula is C14H24ClN3O2. The first-order valence-corrected chi connectivity index (χ1v) is 6.88. The monoisotopic (exact) mass is 301 g/mol. The molecule has 2 heterocycles. The fourth-order valence-corrected chi connectivity index (χ4v) is 2.76. The summed E-state index contributed by atoms with van der Waals surface area (Å²) in [5, 5.41) is 15.7. The predicted molar refractivity (Wildman–Crippen MR) is 81.5 cm³/mol. The van der Waals surface area contributed by atoms with Crippen LogP contribution < -0.4 is 10.6 Å². The summed E-state index contributed by atoms with van der Waals surface area (Å²) in [5.74, 6) is 0.0607. The standard InChI is InChI=1S/C14H23N3O2.ClH/c1-4-17-9(2)5-12(10(17)3)14(19)16-7-11-6-15-8-13(11)18;/h5,11,13,15,18H,4,6-8H2,1-3H3,(H,16,19);1H. The predicted octanol–water partition coefficient (Wildman–Crippen LogP) is 0.857. The van der Waals surface area contributed by atoms with Crippen molar-refractivity contribution in [3.05, 3.63) is 23.0 Å². The average Bonchev–Trinajstić information content (AvgIpc) is 2.90. The van der Waals surface area contributed by atoms with Crippen molar-refractivity contribution in [1.82, 2.24) is 15.2 Å². The first kappa shape index (κ1) is 17.0. The van der Waals surface area contributed by atoms with E-state index < -0.39 is 0 Å². The summed E-state index contributed by atoms with van der Waals surface area (Å²) in [6.07, 6.45) is -0.358. The molecule has 0 saturated carbocycles. The number of nitrogens with one attached hydrogen (secondary N) is 2. The molecule has 0 bridgehead atoms. The average molecular weight is 302 g/mol. The Morgan fingerprint density at radius 1 is 1.50 bits per heavy atom. The Kier molecular flexibility index (Phi) is 6.05. The maximum atomic E-state index is 12.2. The molecule has 6 heteroatoms. The summed E-state index contributed by atoms with van der Waals surface area (Å²) in [5.41, 5.74) is 2.84. The van der Waals surface area contributed by atoms with Crippen LogP contribution in [0.2, 0.25) is 0 Å². The lowest BCUT2D eigenvalue weighted by Gasteiger charge is -2.14. The number of aliphatic hydroxyl groups is 1. The van der Waals surface area contributed by atoms with E-state index >= 15 is 0 Å². The molecule has 1 fully saturated rings. The Morgan fingerprint density at radius 2 is 2.20 bits per heavy atom. The number of hydrogen-bond donors (Lipinski definition) is 3. The van der Waals surface area contributed by atoms with Gasteiger partial charge in [-0.25, -0.2) is 0 Å². The number of amides is 1. The Labute approximate surface area is 126 Å². The molecule has 0 aromatic carbocycles. The lowest BCUT2D eigenvalue weighted by Crippen LogP contribution is -2.34. The minimum absolute atomic E-state index is 0. The molecule has 0 aliphatic carbocycles. The molecule has 1 aromatic heterocycles. The molecule has 1 aliphatic heterocycles. The SMILES string of the molecule is CCn1c(C)cc(C(=O)NCC2CNCC2O)c1C.Cl. The van der Waals surface area contributed by atoms with Gasteiger partial charge in [-0.15, -0.1) is 12.4 Å². The van der Waals surface area contributed by atoms with E-state index in [1.807, 2.05) is 19.9 Å². The summed E-state index contributed by atoms with van der Waals surface area (Å²) in [4.78, 5) is 12.2. The van der Waals surface area contributed by atoms with Crippen molar-refractivity contribution in [2.45, 2.75) is 33.4 Å². The summed E-state index contributed by atoms with van der Waals surface area (Å²) < 4.78 is 2.13. The second-order valence-electron chi connectivity index (χ2n) is 5.22. The molecule has 1 saturated heterocycles. The van der Waals surface area contributed by atoms with Crippen LogP contribution in [0.15, 0.2) is 6.07 Å². The minimum atomic E-state index is -0.358.